The maximum Gasteiger partial charge on any atom is 0.169 e. The fraction of sp³-hybridized carbons (Fsp3) is 0.429. The van der Waals surface area contributed by atoms with Crippen LogP contribution in [0.2, 0.25) is 0 Å². The van der Waals surface area contributed by atoms with Crippen molar-refractivity contribution in [2.24, 2.45) is 0 Å². The van der Waals surface area contributed by atoms with Crippen LogP contribution in [0, 0.1) is 0 Å². The van der Waals surface area contributed by atoms with Crippen LogP contribution in [-0.4, -0.2) is 37.8 Å². The zero-order valence-electron chi connectivity index (χ0n) is 15.2. The van der Waals surface area contributed by atoms with Crippen LogP contribution in [0.3, 0.4) is 0 Å². The molecule has 1 saturated heterocycles. The lowest BCUT2D eigenvalue weighted by Crippen LogP contribution is -2.18. The average molecular weight is 355 g/mol. The number of hydrogen-bond donors (Lipinski definition) is 0. The molecule has 2 aromatic rings. The predicted molar refractivity (Wildman–Crippen MR) is 99.6 cm³/mol. The van der Waals surface area contributed by atoms with Crippen molar-refractivity contribution in [2.45, 2.75) is 26.3 Å². The van der Waals surface area contributed by atoms with E-state index >= 15 is 0 Å². The first kappa shape index (κ1) is 17.0. The fourth-order valence-electron chi connectivity index (χ4n) is 3.42. The Hall–Kier alpha value is -2.40. The van der Waals surface area contributed by atoms with Gasteiger partial charge < -0.3 is 18.9 Å². The van der Waals surface area contributed by atoms with Gasteiger partial charge in [0, 0.05) is 12.6 Å². The summed E-state index contributed by atoms with van der Waals surface area (Å²) in [5, 5.41) is 0. The molecule has 1 fully saturated rings. The molecule has 4 rings (SSSR count). The van der Waals surface area contributed by atoms with Gasteiger partial charge in [-0.2, -0.15) is 0 Å². The molecule has 0 unspecified atom stereocenters. The van der Waals surface area contributed by atoms with Crippen LogP contribution >= 0.6 is 0 Å². The summed E-state index contributed by atoms with van der Waals surface area (Å²) in [5.74, 6) is 3.68. The minimum atomic E-state index is 0.561. The highest BCUT2D eigenvalue weighted by atomic mass is 16.6. The molecular formula is C21H25NO4. The van der Waals surface area contributed by atoms with Gasteiger partial charge in [-0.1, -0.05) is 6.07 Å². The first-order valence-electron chi connectivity index (χ1n) is 9.37. The minimum Gasteiger partial charge on any atom is -0.490 e. The molecule has 0 aromatic heterocycles. The zero-order chi connectivity index (χ0) is 17.8. The summed E-state index contributed by atoms with van der Waals surface area (Å²) in [4.78, 5) is 2.48. The van der Waals surface area contributed by atoms with Gasteiger partial charge in [0.2, 0.25) is 0 Å². The van der Waals surface area contributed by atoms with Crippen LogP contribution in [0.15, 0.2) is 36.4 Å². The van der Waals surface area contributed by atoms with E-state index < -0.39 is 0 Å². The van der Waals surface area contributed by atoms with E-state index in [1.165, 1.54) is 31.5 Å². The molecule has 2 heterocycles. The van der Waals surface area contributed by atoms with Crippen molar-refractivity contribution in [3.8, 4) is 28.7 Å². The second kappa shape index (κ2) is 7.87. The minimum absolute atomic E-state index is 0.561. The standard InChI is InChI=1S/C21H25NO4/c1-2-23-20-13-16(15-22-9-3-4-10-22)5-7-19(20)26-17-6-8-18-21(14-17)25-12-11-24-18/h5-8,13-14H,2-4,9-12,15H2,1H3. The maximum atomic E-state index is 6.08. The summed E-state index contributed by atoms with van der Waals surface area (Å²) in [6.45, 7) is 7.06. The highest BCUT2D eigenvalue weighted by Gasteiger charge is 2.16. The molecule has 0 bridgehead atoms. The molecule has 5 nitrogen and oxygen atoms in total. The first-order chi connectivity index (χ1) is 12.8. The van der Waals surface area contributed by atoms with Crippen LogP contribution < -0.4 is 18.9 Å². The third-order valence-corrected chi connectivity index (χ3v) is 4.65. The Labute approximate surface area is 154 Å². The van der Waals surface area contributed by atoms with E-state index in [4.69, 9.17) is 18.9 Å². The molecule has 0 radical (unpaired) electrons. The lowest BCUT2D eigenvalue weighted by molar-refractivity contribution is 0.171. The molecule has 2 aromatic carbocycles. The number of ether oxygens (including phenoxy) is 4. The number of hydrogen-bond acceptors (Lipinski definition) is 5. The van der Waals surface area contributed by atoms with Gasteiger partial charge in [-0.05, 0) is 62.7 Å². The quantitative estimate of drug-likeness (QED) is 0.775. The highest BCUT2D eigenvalue weighted by molar-refractivity contribution is 5.50. The summed E-state index contributed by atoms with van der Waals surface area (Å²) in [5.41, 5.74) is 1.25. The van der Waals surface area contributed by atoms with Crippen LogP contribution in [0.1, 0.15) is 25.3 Å². The maximum absolute atomic E-state index is 6.08. The van der Waals surface area contributed by atoms with E-state index in [2.05, 4.69) is 17.0 Å². The molecule has 138 valence electrons. The van der Waals surface area contributed by atoms with Crippen LogP contribution in [0.4, 0.5) is 0 Å². The molecule has 2 aliphatic heterocycles. The second-order valence-electron chi connectivity index (χ2n) is 6.60. The average Bonchev–Trinajstić information content (AvgIpc) is 3.17. The Balaban J connectivity index is 1.53. The largest absolute Gasteiger partial charge is 0.490 e. The van der Waals surface area contributed by atoms with Crippen molar-refractivity contribution < 1.29 is 18.9 Å². The van der Waals surface area contributed by atoms with Crippen LogP contribution in [0.5, 0.6) is 28.7 Å². The lowest BCUT2D eigenvalue weighted by atomic mass is 10.2. The molecule has 0 aliphatic carbocycles. The number of nitrogens with zero attached hydrogens (tertiary/aromatic N) is 1. The summed E-state index contributed by atoms with van der Waals surface area (Å²) in [7, 11) is 0. The molecule has 0 amide bonds. The Morgan fingerprint density at radius 2 is 1.73 bits per heavy atom. The Morgan fingerprint density at radius 3 is 2.54 bits per heavy atom. The Kier molecular flexibility index (Phi) is 5.16. The van der Waals surface area contributed by atoms with Crippen LogP contribution in [0.25, 0.3) is 0 Å². The monoisotopic (exact) mass is 355 g/mol. The van der Waals surface area contributed by atoms with Gasteiger partial charge in [0.25, 0.3) is 0 Å². The lowest BCUT2D eigenvalue weighted by Gasteiger charge is -2.20. The predicted octanol–water partition coefficient (Wildman–Crippen LogP) is 4.24. The molecule has 26 heavy (non-hydrogen) atoms. The van der Waals surface area contributed by atoms with E-state index in [9.17, 15) is 0 Å². The van der Waals surface area contributed by atoms with E-state index in [0.717, 1.165) is 23.8 Å². The van der Waals surface area contributed by atoms with E-state index in [1.807, 2.05) is 31.2 Å². The molecular weight excluding hydrogens is 330 g/mol. The zero-order valence-corrected chi connectivity index (χ0v) is 15.2. The van der Waals surface area contributed by atoms with Gasteiger partial charge >= 0.3 is 0 Å². The van der Waals surface area contributed by atoms with E-state index in [0.29, 0.717) is 31.3 Å². The van der Waals surface area contributed by atoms with E-state index in [-0.39, 0.29) is 0 Å². The van der Waals surface area contributed by atoms with E-state index in [1.54, 1.807) is 0 Å². The molecule has 5 heteroatoms. The number of fused-ring (bicyclic) bond motifs is 1. The van der Waals surface area contributed by atoms with Crippen molar-refractivity contribution in [3.63, 3.8) is 0 Å². The van der Waals surface area contributed by atoms with Gasteiger partial charge in [-0.3, -0.25) is 4.90 Å². The molecule has 0 N–H and O–H groups in total. The molecule has 0 atom stereocenters. The van der Waals surface area contributed by atoms with Gasteiger partial charge in [0.1, 0.15) is 19.0 Å². The number of benzene rings is 2. The SMILES string of the molecule is CCOc1cc(CN2CCCC2)ccc1Oc1ccc2c(c1)OCCO2. The fourth-order valence-corrected chi connectivity index (χ4v) is 3.42. The summed E-state index contributed by atoms with van der Waals surface area (Å²) in [6.07, 6.45) is 2.59. The highest BCUT2D eigenvalue weighted by Crippen LogP contribution is 2.38. The second-order valence-corrected chi connectivity index (χ2v) is 6.60. The molecule has 0 saturated carbocycles. The van der Waals surface area contributed by atoms with Crippen molar-refractivity contribution in [1.82, 2.24) is 4.90 Å². The summed E-state index contributed by atoms with van der Waals surface area (Å²) < 4.78 is 23.1. The van der Waals surface area contributed by atoms with Gasteiger partial charge in [0.15, 0.2) is 23.0 Å². The van der Waals surface area contributed by atoms with Gasteiger partial charge in [0.05, 0.1) is 6.61 Å². The summed E-state index contributed by atoms with van der Waals surface area (Å²) >= 11 is 0. The third-order valence-electron chi connectivity index (χ3n) is 4.65. The Bertz CT molecular complexity index is 756. The molecule has 0 spiro atoms. The third kappa shape index (κ3) is 3.88. The topological polar surface area (TPSA) is 40.2 Å². The van der Waals surface area contributed by atoms with Crippen LogP contribution in [-0.2, 0) is 6.54 Å². The van der Waals surface area contributed by atoms with Crippen molar-refractivity contribution in [3.05, 3.63) is 42.0 Å². The van der Waals surface area contributed by atoms with Crippen molar-refractivity contribution in [2.75, 3.05) is 32.9 Å². The van der Waals surface area contributed by atoms with Gasteiger partial charge in [-0.15, -0.1) is 0 Å². The normalized spacial score (nSPS) is 16.5. The van der Waals surface area contributed by atoms with Crippen molar-refractivity contribution >= 4 is 0 Å². The Morgan fingerprint density at radius 1 is 0.923 bits per heavy atom. The molecule has 2 aliphatic rings. The smallest absolute Gasteiger partial charge is 0.169 e. The first-order valence-corrected chi connectivity index (χ1v) is 9.37. The van der Waals surface area contributed by atoms with Gasteiger partial charge in [-0.25, -0.2) is 0 Å². The van der Waals surface area contributed by atoms with Crippen molar-refractivity contribution in [1.29, 1.82) is 0 Å². The summed E-state index contributed by atoms with van der Waals surface area (Å²) in [6, 6.07) is 11.8. The number of likely N-dealkylation sites (tertiary alicyclic amines) is 1. The number of rotatable bonds is 6.